The number of thiazole rings is 1. The van der Waals surface area contributed by atoms with E-state index < -0.39 is 6.10 Å². The average molecular weight is 157 g/mol. The predicted octanol–water partition coefficient (Wildman–Crippen LogP) is 1.76. The van der Waals surface area contributed by atoms with Crippen LogP contribution >= 0.6 is 11.3 Å². The summed E-state index contributed by atoms with van der Waals surface area (Å²) in [4.78, 5) is 4.20. The smallest absolute Gasteiger partial charge is 0.121 e. The highest BCUT2D eigenvalue weighted by atomic mass is 32.1. The first-order valence-corrected chi connectivity index (χ1v) is 4.24. The Balaban J connectivity index is 2.78. The Morgan fingerprint density at radius 1 is 1.80 bits per heavy atom. The van der Waals surface area contributed by atoms with E-state index >= 15 is 0 Å². The maximum absolute atomic E-state index is 9.08. The molecule has 0 spiro atoms. The van der Waals surface area contributed by atoms with Gasteiger partial charge in [-0.05, 0) is 13.3 Å². The lowest BCUT2D eigenvalue weighted by atomic mass is 10.4. The molecule has 0 aliphatic rings. The normalized spacial score (nSPS) is 13.5. The fourth-order valence-electron chi connectivity index (χ4n) is 0.677. The molecule has 0 aromatic carbocycles. The van der Waals surface area contributed by atoms with Crippen LogP contribution in [-0.4, -0.2) is 10.1 Å². The van der Waals surface area contributed by atoms with Gasteiger partial charge in [-0.1, -0.05) is 6.92 Å². The van der Waals surface area contributed by atoms with Crippen molar-refractivity contribution in [3.8, 4) is 0 Å². The Bertz CT molecular complexity index is 207. The van der Waals surface area contributed by atoms with Crippen LogP contribution in [0.15, 0.2) is 5.38 Å². The van der Waals surface area contributed by atoms with E-state index in [4.69, 9.17) is 5.11 Å². The molecule has 0 saturated carbocycles. The molecule has 1 atom stereocenters. The first-order valence-electron chi connectivity index (χ1n) is 3.36. The number of rotatable bonds is 2. The van der Waals surface area contributed by atoms with Crippen molar-refractivity contribution < 1.29 is 5.11 Å². The molecule has 1 heterocycles. The van der Waals surface area contributed by atoms with Gasteiger partial charge in [0.15, 0.2) is 0 Å². The van der Waals surface area contributed by atoms with Crippen LogP contribution in [0.25, 0.3) is 0 Å². The Hall–Kier alpha value is -0.410. The summed E-state index contributed by atoms with van der Waals surface area (Å²) < 4.78 is 0. The Kier molecular flexibility index (Phi) is 2.40. The van der Waals surface area contributed by atoms with E-state index in [0.717, 1.165) is 17.1 Å². The Morgan fingerprint density at radius 2 is 2.50 bits per heavy atom. The van der Waals surface area contributed by atoms with Crippen molar-refractivity contribution >= 4 is 11.3 Å². The second-order valence-electron chi connectivity index (χ2n) is 2.21. The lowest BCUT2D eigenvalue weighted by Gasteiger charge is -1.94. The fourth-order valence-corrected chi connectivity index (χ4v) is 1.52. The van der Waals surface area contributed by atoms with E-state index in [-0.39, 0.29) is 0 Å². The van der Waals surface area contributed by atoms with Gasteiger partial charge in [-0.2, -0.15) is 0 Å². The van der Waals surface area contributed by atoms with E-state index in [9.17, 15) is 0 Å². The minimum absolute atomic E-state index is 0.412. The molecule has 1 N–H and O–H groups in total. The summed E-state index contributed by atoms with van der Waals surface area (Å²) in [6.07, 6.45) is 0.536. The van der Waals surface area contributed by atoms with Gasteiger partial charge in [0.05, 0.1) is 5.69 Å². The highest BCUT2D eigenvalue weighted by Crippen LogP contribution is 2.17. The van der Waals surface area contributed by atoms with Gasteiger partial charge in [-0.25, -0.2) is 4.98 Å². The molecular formula is C7H11NOS. The zero-order valence-electron chi connectivity index (χ0n) is 6.16. The Labute approximate surface area is 64.5 Å². The molecule has 3 heteroatoms. The van der Waals surface area contributed by atoms with E-state index in [0.29, 0.717) is 0 Å². The summed E-state index contributed by atoms with van der Waals surface area (Å²) in [6.45, 7) is 3.79. The highest BCUT2D eigenvalue weighted by molar-refractivity contribution is 7.09. The van der Waals surface area contributed by atoms with Crippen molar-refractivity contribution in [3.05, 3.63) is 16.1 Å². The molecule has 0 aliphatic heterocycles. The minimum Gasteiger partial charge on any atom is -0.386 e. The van der Waals surface area contributed by atoms with Crippen molar-refractivity contribution in [1.29, 1.82) is 0 Å². The molecule has 10 heavy (non-hydrogen) atoms. The van der Waals surface area contributed by atoms with Crippen molar-refractivity contribution in [2.45, 2.75) is 26.4 Å². The third-order valence-electron chi connectivity index (χ3n) is 1.29. The lowest BCUT2D eigenvalue weighted by Crippen LogP contribution is -1.89. The van der Waals surface area contributed by atoms with Crippen molar-refractivity contribution in [2.75, 3.05) is 0 Å². The van der Waals surface area contributed by atoms with Gasteiger partial charge in [0.1, 0.15) is 11.1 Å². The summed E-state index contributed by atoms with van der Waals surface area (Å²) >= 11 is 1.52. The van der Waals surface area contributed by atoms with Crippen LogP contribution in [0.4, 0.5) is 0 Å². The van der Waals surface area contributed by atoms with Gasteiger partial charge in [0.25, 0.3) is 0 Å². The van der Waals surface area contributed by atoms with Crippen LogP contribution < -0.4 is 0 Å². The number of aliphatic hydroxyl groups is 1. The number of aryl methyl sites for hydroxylation is 1. The van der Waals surface area contributed by atoms with Crippen molar-refractivity contribution in [1.82, 2.24) is 4.98 Å². The molecule has 1 aromatic rings. The van der Waals surface area contributed by atoms with E-state index in [2.05, 4.69) is 11.9 Å². The summed E-state index contributed by atoms with van der Waals surface area (Å²) in [7, 11) is 0. The van der Waals surface area contributed by atoms with Crippen LogP contribution in [0.3, 0.4) is 0 Å². The Morgan fingerprint density at radius 3 is 2.80 bits per heavy atom. The van der Waals surface area contributed by atoms with Crippen LogP contribution in [-0.2, 0) is 6.42 Å². The number of aliphatic hydroxyl groups excluding tert-OH is 1. The molecule has 0 amide bonds. The molecule has 2 nitrogen and oxygen atoms in total. The molecule has 0 fully saturated rings. The minimum atomic E-state index is -0.412. The van der Waals surface area contributed by atoms with Gasteiger partial charge in [0, 0.05) is 5.38 Å². The molecule has 1 rings (SSSR count). The summed E-state index contributed by atoms with van der Waals surface area (Å²) in [5.74, 6) is 0. The third kappa shape index (κ3) is 1.55. The standard InChI is InChI=1S/C7H11NOS/c1-3-6-4-10-7(8-6)5(2)9/h4-5,9H,3H2,1-2H3. The SMILES string of the molecule is CCc1csc(C(C)O)n1. The van der Waals surface area contributed by atoms with Gasteiger partial charge >= 0.3 is 0 Å². The number of nitrogens with zero attached hydrogens (tertiary/aromatic N) is 1. The van der Waals surface area contributed by atoms with E-state index in [1.54, 1.807) is 6.92 Å². The highest BCUT2D eigenvalue weighted by Gasteiger charge is 2.04. The summed E-state index contributed by atoms with van der Waals surface area (Å²) in [5.41, 5.74) is 1.07. The van der Waals surface area contributed by atoms with Crippen molar-refractivity contribution in [3.63, 3.8) is 0 Å². The first-order chi connectivity index (χ1) is 4.74. The fraction of sp³-hybridized carbons (Fsp3) is 0.571. The monoisotopic (exact) mass is 157 g/mol. The predicted molar refractivity (Wildman–Crippen MR) is 42.1 cm³/mol. The van der Waals surface area contributed by atoms with Gasteiger partial charge < -0.3 is 5.11 Å². The van der Waals surface area contributed by atoms with Gasteiger partial charge in [-0.15, -0.1) is 11.3 Å². The third-order valence-corrected chi connectivity index (χ3v) is 2.35. The average Bonchev–Trinajstić information content (AvgIpc) is 2.34. The second-order valence-corrected chi connectivity index (χ2v) is 3.10. The topological polar surface area (TPSA) is 33.1 Å². The maximum atomic E-state index is 9.08. The molecule has 1 unspecified atom stereocenters. The quantitative estimate of drug-likeness (QED) is 0.709. The maximum Gasteiger partial charge on any atom is 0.121 e. The van der Waals surface area contributed by atoms with Crippen LogP contribution in [0.2, 0.25) is 0 Å². The molecule has 0 radical (unpaired) electrons. The van der Waals surface area contributed by atoms with E-state index in [1.807, 2.05) is 5.38 Å². The van der Waals surface area contributed by atoms with Crippen LogP contribution in [0, 0.1) is 0 Å². The summed E-state index contributed by atoms with van der Waals surface area (Å²) in [6, 6.07) is 0. The molecular weight excluding hydrogens is 146 g/mol. The first kappa shape index (κ1) is 7.69. The molecule has 0 bridgehead atoms. The largest absolute Gasteiger partial charge is 0.386 e. The second kappa shape index (κ2) is 3.12. The molecule has 56 valence electrons. The number of hydrogen-bond donors (Lipinski definition) is 1. The number of aromatic nitrogens is 1. The van der Waals surface area contributed by atoms with Gasteiger partial charge in [-0.3, -0.25) is 0 Å². The van der Waals surface area contributed by atoms with Crippen LogP contribution in [0.5, 0.6) is 0 Å². The van der Waals surface area contributed by atoms with Gasteiger partial charge in [0.2, 0.25) is 0 Å². The number of hydrogen-bond acceptors (Lipinski definition) is 3. The lowest BCUT2D eigenvalue weighted by molar-refractivity contribution is 0.198. The zero-order valence-corrected chi connectivity index (χ0v) is 6.98. The van der Waals surface area contributed by atoms with E-state index in [1.165, 1.54) is 11.3 Å². The molecule has 1 aromatic heterocycles. The zero-order chi connectivity index (χ0) is 7.56. The summed E-state index contributed by atoms with van der Waals surface area (Å²) in [5, 5.41) is 11.9. The van der Waals surface area contributed by atoms with Crippen molar-refractivity contribution in [2.24, 2.45) is 0 Å². The molecule has 0 aliphatic carbocycles. The van der Waals surface area contributed by atoms with Crippen LogP contribution in [0.1, 0.15) is 30.7 Å². The molecule has 0 saturated heterocycles.